The Morgan fingerprint density at radius 2 is 0.815 bits per heavy atom. The van der Waals surface area contributed by atoms with Gasteiger partial charge in [-0.05, 0) is 113 Å². The van der Waals surface area contributed by atoms with Gasteiger partial charge in [0.2, 0.25) is 0 Å². The molecule has 54 heavy (non-hydrogen) atoms. The number of fused-ring (bicyclic) bond motifs is 13. The van der Waals surface area contributed by atoms with Gasteiger partial charge in [-0.25, -0.2) is 0 Å². The van der Waals surface area contributed by atoms with Crippen LogP contribution in [0.4, 0.5) is 17.1 Å². The van der Waals surface area contributed by atoms with Crippen LogP contribution in [0.25, 0.3) is 66.4 Å². The standard InChI is InChI=1S/C53H33N/c1-2-13-34(14-3-1)35-27-29-37(30-28-35)54(38-31-32-39-43-20-10-15-36-16-11-21-44(51(36)43)46(39)33-38)50-26-12-22-45-42-19-6-9-25-49(42)53(52(45)50)47-23-7-4-17-40(47)41-18-5-8-24-48(41)53/h1-33H. The van der Waals surface area contributed by atoms with Crippen molar-refractivity contribution >= 4 is 27.8 Å². The summed E-state index contributed by atoms with van der Waals surface area (Å²) in [5, 5.41) is 2.63. The van der Waals surface area contributed by atoms with E-state index in [1.165, 1.54) is 94.3 Å². The van der Waals surface area contributed by atoms with Crippen LogP contribution in [0.15, 0.2) is 200 Å². The Balaban J connectivity index is 1.16. The molecule has 0 amide bonds. The average molecular weight is 684 g/mol. The topological polar surface area (TPSA) is 3.24 Å². The average Bonchev–Trinajstić information content (AvgIpc) is 3.85. The van der Waals surface area contributed by atoms with Gasteiger partial charge in [-0.1, -0.05) is 170 Å². The molecule has 0 saturated heterocycles. The summed E-state index contributed by atoms with van der Waals surface area (Å²) in [7, 11) is 0. The van der Waals surface area contributed by atoms with Crippen molar-refractivity contribution in [2.75, 3.05) is 4.90 Å². The molecular formula is C53H33N. The maximum absolute atomic E-state index is 2.52. The van der Waals surface area contributed by atoms with E-state index < -0.39 is 5.41 Å². The third-order valence-electron chi connectivity index (χ3n) is 12.2. The van der Waals surface area contributed by atoms with E-state index in [0.717, 1.165) is 11.4 Å². The summed E-state index contributed by atoms with van der Waals surface area (Å²) in [6.45, 7) is 0. The Morgan fingerprint density at radius 3 is 1.48 bits per heavy atom. The Kier molecular flexibility index (Phi) is 6.04. The minimum atomic E-state index is -0.476. The highest BCUT2D eigenvalue weighted by molar-refractivity contribution is 6.16. The zero-order valence-electron chi connectivity index (χ0n) is 29.5. The van der Waals surface area contributed by atoms with E-state index in [9.17, 15) is 0 Å². The van der Waals surface area contributed by atoms with Gasteiger partial charge in [0, 0.05) is 16.9 Å². The molecule has 0 radical (unpaired) electrons. The van der Waals surface area contributed by atoms with Crippen LogP contribution in [0.3, 0.4) is 0 Å². The van der Waals surface area contributed by atoms with Crippen LogP contribution in [-0.2, 0) is 5.41 Å². The third kappa shape index (κ3) is 3.83. The van der Waals surface area contributed by atoms with Crippen molar-refractivity contribution in [1.29, 1.82) is 0 Å². The first kappa shape index (κ1) is 29.6. The quantitative estimate of drug-likeness (QED) is 0.178. The highest BCUT2D eigenvalue weighted by Crippen LogP contribution is 2.65. The molecule has 0 fully saturated rings. The zero-order chi connectivity index (χ0) is 35.4. The lowest BCUT2D eigenvalue weighted by Gasteiger charge is -2.36. The smallest absolute Gasteiger partial charge is 0.0746 e. The molecule has 9 aromatic rings. The minimum Gasteiger partial charge on any atom is -0.310 e. The second-order valence-corrected chi connectivity index (χ2v) is 14.8. The first-order valence-corrected chi connectivity index (χ1v) is 18.9. The molecule has 12 rings (SSSR count). The molecule has 0 aliphatic heterocycles. The lowest BCUT2D eigenvalue weighted by Crippen LogP contribution is -2.28. The molecule has 0 atom stereocenters. The van der Waals surface area contributed by atoms with Crippen LogP contribution in [0.1, 0.15) is 22.3 Å². The summed E-state index contributed by atoms with van der Waals surface area (Å²) in [4.78, 5) is 2.52. The van der Waals surface area contributed by atoms with Gasteiger partial charge in [0.05, 0.1) is 11.1 Å². The molecule has 0 bridgehead atoms. The molecule has 0 aromatic heterocycles. The van der Waals surface area contributed by atoms with Crippen molar-refractivity contribution in [3.63, 3.8) is 0 Å². The van der Waals surface area contributed by atoms with Crippen LogP contribution in [0.5, 0.6) is 0 Å². The number of rotatable bonds is 4. The second kappa shape index (κ2) is 11.0. The number of nitrogens with zero attached hydrogens (tertiary/aromatic N) is 1. The van der Waals surface area contributed by atoms with Gasteiger partial charge in [0.1, 0.15) is 0 Å². The van der Waals surface area contributed by atoms with Crippen LogP contribution in [-0.4, -0.2) is 0 Å². The molecule has 0 heterocycles. The summed E-state index contributed by atoms with van der Waals surface area (Å²) in [5.41, 5.74) is 21.2. The van der Waals surface area contributed by atoms with Gasteiger partial charge >= 0.3 is 0 Å². The van der Waals surface area contributed by atoms with Crippen LogP contribution in [0, 0.1) is 0 Å². The predicted octanol–water partition coefficient (Wildman–Crippen LogP) is 14.0. The van der Waals surface area contributed by atoms with E-state index in [0.29, 0.717) is 0 Å². The van der Waals surface area contributed by atoms with Gasteiger partial charge in [-0.2, -0.15) is 0 Å². The summed E-state index contributed by atoms with van der Waals surface area (Å²) in [6, 6.07) is 74.6. The molecule has 0 N–H and O–H groups in total. The molecule has 0 unspecified atom stereocenters. The molecule has 0 saturated carbocycles. The molecule has 1 nitrogen and oxygen atoms in total. The van der Waals surface area contributed by atoms with Gasteiger partial charge < -0.3 is 4.90 Å². The number of hydrogen-bond acceptors (Lipinski definition) is 1. The largest absolute Gasteiger partial charge is 0.310 e. The third-order valence-corrected chi connectivity index (χ3v) is 12.2. The van der Waals surface area contributed by atoms with Crippen LogP contribution < -0.4 is 4.90 Å². The van der Waals surface area contributed by atoms with Crippen LogP contribution in [0.2, 0.25) is 0 Å². The number of hydrogen-bond donors (Lipinski definition) is 0. The van der Waals surface area contributed by atoms with Gasteiger partial charge in [-0.15, -0.1) is 0 Å². The Hall–Kier alpha value is -6.96. The summed E-state index contributed by atoms with van der Waals surface area (Å²) in [5.74, 6) is 0. The molecule has 1 spiro atoms. The fraction of sp³-hybridized carbons (Fsp3) is 0.0189. The van der Waals surface area contributed by atoms with Crippen molar-refractivity contribution in [2.24, 2.45) is 0 Å². The maximum atomic E-state index is 2.52. The van der Waals surface area contributed by atoms with Crippen molar-refractivity contribution in [2.45, 2.75) is 5.41 Å². The zero-order valence-corrected chi connectivity index (χ0v) is 29.5. The van der Waals surface area contributed by atoms with E-state index in [4.69, 9.17) is 0 Å². The van der Waals surface area contributed by atoms with Crippen molar-refractivity contribution in [3.05, 3.63) is 222 Å². The summed E-state index contributed by atoms with van der Waals surface area (Å²) in [6.07, 6.45) is 0. The highest BCUT2D eigenvalue weighted by atomic mass is 15.1. The van der Waals surface area contributed by atoms with E-state index in [2.05, 4.69) is 205 Å². The summed E-state index contributed by atoms with van der Waals surface area (Å²) >= 11 is 0. The molecule has 9 aromatic carbocycles. The summed E-state index contributed by atoms with van der Waals surface area (Å²) < 4.78 is 0. The second-order valence-electron chi connectivity index (χ2n) is 14.8. The van der Waals surface area contributed by atoms with E-state index in [1.807, 2.05) is 0 Å². The van der Waals surface area contributed by atoms with Crippen molar-refractivity contribution < 1.29 is 0 Å². The van der Waals surface area contributed by atoms with Gasteiger partial charge in [0.15, 0.2) is 0 Å². The first-order chi connectivity index (χ1) is 26.8. The normalized spacial score (nSPS) is 13.3. The fourth-order valence-electron chi connectivity index (χ4n) is 10.1. The van der Waals surface area contributed by atoms with Crippen molar-refractivity contribution in [1.82, 2.24) is 0 Å². The van der Waals surface area contributed by atoms with E-state index in [1.54, 1.807) is 0 Å². The predicted molar refractivity (Wildman–Crippen MR) is 225 cm³/mol. The monoisotopic (exact) mass is 683 g/mol. The Bertz CT molecular complexity index is 2920. The molecule has 1 heteroatoms. The van der Waals surface area contributed by atoms with E-state index >= 15 is 0 Å². The maximum Gasteiger partial charge on any atom is 0.0746 e. The number of benzene rings is 9. The van der Waals surface area contributed by atoms with E-state index in [-0.39, 0.29) is 0 Å². The molecular weight excluding hydrogens is 651 g/mol. The molecule has 3 aliphatic carbocycles. The SMILES string of the molecule is c1ccc(-c2ccc(N(c3ccc4c(c3)-c3cccc5cccc-4c35)c3cccc4c3C3(c5ccccc5-c5ccccc53)c3ccccc3-4)cc2)cc1. The first-order valence-electron chi connectivity index (χ1n) is 18.9. The van der Waals surface area contributed by atoms with Crippen molar-refractivity contribution in [3.8, 4) is 55.6 Å². The van der Waals surface area contributed by atoms with Gasteiger partial charge in [0.25, 0.3) is 0 Å². The Labute approximate surface area is 315 Å². The molecule has 250 valence electrons. The van der Waals surface area contributed by atoms with Gasteiger partial charge in [-0.3, -0.25) is 0 Å². The Morgan fingerprint density at radius 1 is 0.315 bits per heavy atom. The fourth-order valence-corrected chi connectivity index (χ4v) is 10.1. The molecule has 3 aliphatic rings. The minimum absolute atomic E-state index is 0.476. The highest BCUT2D eigenvalue weighted by Gasteiger charge is 2.53. The lowest BCUT2D eigenvalue weighted by atomic mass is 9.70. The number of anilines is 3. The lowest BCUT2D eigenvalue weighted by molar-refractivity contribution is 0.793. The van der Waals surface area contributed by atoms with Crippen LogP contribution >= 0.6 is 0 Å².